The summed E-state index contributed by atoms with van der Waals surface area (Å²) in [5.41, 5.74) is 1.26. The lowest BCUT2D eigenvalue weighted by molar-refractivity contribution is -0.135. The zero-order valence-corrected chi connectivity index (χ0v) is 12.7. The van der Waals surface area contributed by atoms with Gasteiger partial charge in [0.2, 0.25) is 0 Å². The zero-order valence-electron chi connectivity index (χ0n) is 12.7. The van der Waals surface area contributed by atoms with Gasteiger partial charge >= 0.3 is 12.1 Å². The fourth-order valence-corrected chi connectivity index (χ4v) is 2.63. The summed E-state index contributed by atoms with van der Waals surface area (Å²) in [6.45, 7) is 0. The number of carbonyl (C=O) groups excluding carboxylic acids is 2. The minimum Gasteiger partial charge on any atom is -0.508 e. The number of unbranched alkanes of at least 4 members (excludes halogenated alkanes) is 5. The van der Waals surface area contributed by atoms with Crippen LogP contribution in [0.4, 0.5) is 4.79 Å². The summed E-state index contributed by atoms with van der Waals surface area (Å²) in [5.74, 6) is -0.134. The molecule has 0 saturated carbocycles. The Labute approximate surface area is 130 Å². The molecule has 1 saturated heterocycles. The van der Waals surface area contributed by atoms with E-state index in [0.29, 0.717) is 12.2 Å². The molecule has 5 nitrogen and oxygen atoms in total. The Balaban J connectivity index is 1.45. The van der Waals surface area contributed by atoms with E-state index in [2.05, 4.69) is 10.1 Å². The van der Waals surface area contributed by atoms with Crippen molar-refractivity contribution in [2.24, 2.45) is 0 Å². The first-order valence-corrected chi connectivity index (χ1v) is 7.95. The molecule has 120 valence electrons. The van der Waals surface area contributed by atoms with Gasteiger partial charge in [-0.3, -0.25) is 0 Å². The largest absolute Gasteiger partial charge is 0.508 e. The second kappa shape index (κ2) is 8.41. The van der Waals surface area contributed by atoms with Crippen LogP contribution in [-0.2, 0) is 16.0 Å². The van der Waals surface area contributed by atoms with E-state index in [9.17, 15) is 14.7 Å². The quantitative estimate of drug-likeness (QED) is 0.417. The minimum atomic E-state index is -0.621. The van der Waals surface area contributed by atoms with Gasteiger partial charge in [-0.25, -0.2) is 9.59 Å². The van der Waals surface area contributed by atoms with Crippen LogP contribution in [0.3, 0.4) is 0 Å². The van der Waals surface area contributed by atoms with Crippen LogP contribution in [0.25, 0.3) is 0 Å². The van der Waals surface area contributed by atoms with Crippen LogP contribution in [0.15, 0.2) is 24.3 Å². The number of alkyl carbamates (subject to hydrolysis) is 1. The zero-order chi connectivity index (χ0) is 15.8. The number of aromatic hydroxyl groups is 1. The first-order valence-electron chi connectivity index (χ1n) is 7.95. The molecule has 1 atom stereocenters. The maximum Gasteiger partial charge on any atom is 0.415 e. The van der Waals surface area contributed by atoms with Gasteiger partial charge in [-0.15, -0.1) is 0 Å². The van der Waals surface area contributed by atoms with Crippen molar-refractivity contribution in [3.63, 3.8) is 0 Å². The highest BCUT2D eigenvalue weighted by Crippen LogP contribution is 2.15. The Kier molecular flexibility index (Phi) is 6.25. The number of ether oxygens (including phenoxy) is 1. The molecule has 1 unspecified atom stereocenters. The third-order valence-corrected chi connectivity index (χ3v) is 3.91. The summed E-state index contributed by atoms with van der Waals surface area (Å²) in [6, 6.07) is 6.93. The molecule has 0 spiro atoms. The van der Waals surface area contributed by atoms with Gasteiger partial charge in [0.15, 0.2) is 0 Å². The molecule has 1 aliphatic heterocycles. The van der Waals surface area contributed by atoms with Crippen LogP contribution in [0.5, 0.6) is 5.75 Å². The highest BCUT2D eigenvalue weighted by molar-refractivity contribution is 5.95. The van der Waals surface area contributed by atoms with E-state index >= 15 is 0 Å². The highest BCUT2D eigenvalue weighted by atomic mass is 16.6. The number of amides is 1. The van der Waals surface area contributed by atoms with Gasteiger partial charge in [0.1, 0.15) is 11.8 Å². The predicted octanol–water partition coefficient (Wildman–Crippen LogP) is 3.30. The number of benzene rings is 1. The number of nitrogens with one attached hydrogen (secondary N) is 1. The summed E-state index contributed by atoms with van der Waals surface area (Å²) in [5, 5.41) is 11.7. The molecule has 1 aromatic carbocycles. The van der Waals surface area contributed by atoms with E-state index in [0.717, 1.165) is 32.1 Å². The van der Waals surface area contributed by atoms with Crippen LogP contribution in [0, 0.1) is 0 Å². The number of aryl methyl sites for hydroxylation is 1. The minimum absolute atomic E-state index is 0.311. The third-order valence-electron chi connectivity index (χ3n) is 3.91. The molecule has 0 bridgehead atoms. The van der Waals surface area contributed by atoms with E-state index < -0.39 is 18.1 Å². The lowest BCUT2D eigenvalue weighted by Crippen LogP contribution is -2.28. The number of hydrogen-bond acceptors (Lipinski definition) is 4. The molecule has 1 aliphatic rings. The molecule has 1 aromatic rings. The Morgan fingerprint density at radius 3 is 2.23 bits per heavy atom. The van der Waals surface area contributed by atoms with Gasteiger partial charge in [0.05, 0.1) is 0 Å². The molecule has 0 radical (unpaired) electrons. The first-order chi connectivity index (χ1) is 10.6. The molecule has 2 rings (SSSR count). The number of esters is 1. The van der Waals surface area contributed by atoms with Gasteiger partial charge in [-0.05, 0) is 37.0 Å². The SMILES string of the molecule is O=C1NC(CCCCCCCCc2ccc(O)cc2)C(=O)O1. The van der Waals surface area contributed by atoms with E-state index in [1.54, 1.807) is 12.1 Å². The monoisotopic (exact) mass is 305 g/mol. The maximum atomic E-state index is 11.2. The average Bonchev–Trinajstić information content (AvgIpc) is 2.82. The van der Waals surface area contributed by atoms with E-state index in [1.807, 2.05) is 12.1 Å². The fraction of sp³-hybridized carbons (Fsp3) is 0.529. The van der Waals surface area contributed by atoms with Crippen LogP contribution < -0.4 is 5.32 Å². The Bertz CT molecular complexity index is 498. The van der Waals surface area contributed by atoms with Crippen molar-refractivity contribution in [3.05, 3.63) is 29.8 Å². The highest BCUT2D eigenvalue weighted by Gasteiger charge is 2.31. The summed E-state index contributed by atoms with van der Waals surface area (Å²) in [6.07, 6.45) is 7.74. The van der Waals surface area contributed by atoms with Crippen molar-refractivity contribution >= 4 is 12.1 Å². The average molecular weight is 305 g/mol. The van der Waals surface area contributed by atoms with Gasteiger partial charge in [0, 0.05) is 0 Å². The van der Waals surface area contributed by atoms with Crippen molar-refractivity contribution in [2.75, 3.05) is 0 Å². The van der Waals surface area contributed by atoms with Gasteiger partial charge in [-0.1, -0.05) is 44.2 Å². The van der Waals surface area contributed by atoms with Crippen molar-refractivity contribution < 1.29 is 19.4 Å². The Hall–Kier alpha value is -2.04. The summed E-state index contributed by atoms with van der Waals surface area (Å²) in [4.78, 5) is 22.1. The molecule has 5 heteroatoms. The molecular formula is C17H23NO4. The van der Waals surface area contributed by atoms with Gasteiger partial charge in [0.25, 0.3) is 0 Å². The smallest absolute Gasteiger partial charge is 0.415 e. The third kappa shape index (κ3) is 5.39. The normalized spacial score (nSPS) is 17.4. The van der Waals surface area contributed by atoms with Crippen molar-refractivity contribution in [1.29, 1.82) is 0 Å². The van der Waals surface area contributed by atoms with E-state index in [-0.39, 0.29) is 0 Å². The molecule has 1 amide bonds. The van der Waals surface area contributed by atoms with Crippen molar-refractivity contribution in [2.45, 2.75) is 57.4 Å². The maximum absolute atomic E-state index is 11.2. The second-order valence-corrected chi connectivity index (χ2v) is 5.73. The van der Waals surface area contributed by atoms with Crippen LogP contribution in [-0.4, -0.2) is 23.2 Å². The number of phenolic OH excluding ortho intramolecular Hbond substituents is 1. The Morgan fingerprint density at radius 2 is 1.59 bits per heavy atom. The van der Waals surface area contributed by atoms with Crippen LogP contribution >= 0.6 is 0 Å². The standard InChI is InChI=1S/C17H23NO4/c19-14-11-9-13(10-12-14)7-5-3-1-2-4-6-8-15-16(20)22-17(21)18-15/h9-12,15,19H,1-8H2,(H,18,21). The van der Waals surface area contributed by atoms with Gasteiger partial charge in [-0.2, -0.15) is 0 Å². The molecule has 0 aliphatic carbocycles. The molecular weight excluding hydrogens is 282 g/mol. The van der Waals surface area contributed by atoms with E-state index in [1.165, 1.54) is 18.4 Å². The van der Waals surface area contributed by atoms with Crippen molar-refractivity contribution in [3.8, 4) is 5.75 Å². The number of rotatable bonds is 9. The predicted molar refractivity (Wildman–Crippen MR) is 82.5 cm³/mol. The summed E-state index contributed by atoms with van der Waals surface area (Å²) >= 11 is 0. The van der Waals surface area contributed by atoms with Crippen LogP contribution in [0.1, 0.15) is 50.5 Å². The lowest BCUT2D eigenvalue weighted by Gasteiger charge is -2.05. The molecule has 2 N–H and O–H groups in total. The van der Waals surface area contributed by atoms with Gasteiger partial charge < -0.3 is 15.2 Å². The molecule has 1 fully saturated rings. The first kappa shape index (κ1) is 16.3. The number of carbonyl (C=O) groups is 2. The fourth-order valence-electron chi connectivity index (χ4n) is 2.63. The number of cyclic esters (lactones) is 2. The molecule has 22 heavy (non-hydrogen) atoms. The van der Waals surface area contributed by atoms with Crippen LogP contribution in [0.2, 0.25) is 0 Å². The number of phenols is 1. The molecule has 1 heterocycles. The topological polar surface area (TPSA) is 75.6 Å². The second-order valence-electron chi connectivity index (χ2n) is 5.73. The van der Waals surface area contributed by atoms with E-state index in [4.69, 9.17) is 0 Å². The Morgan fingerprint density at radius 1 is 0.955 bits per heavy atom. The molecule has 0 aromatic heterocycles. The van der Waals surface area contributed by atoms with Crippen molar-refractivity contribution in [1.82, 2.24) is 5.32 Å². The number of hydrogen-bond donors (Lipinski definition) is 2. The summed E-state index contributed by atoms with van der Waals surface area (Å²) in [7, 11) is 0. The summed E-state index contributed by atoms with van der Waals surface area (Å²) < 4.78 is 4.43. The lowest BCUT2D eigenvalue weighted by atomic mass is 10.0.